The average molecular weight is 588 g/mol. The van der Waals surface area contributed by atoms with Gasteiger partial charge in [0.15, 0.2) is 0 Å². The molecule has 5 rings (SSSR count). The van der Waals surface area contributed by atoms with Crippen molar-refractivity contribution in [3.63, 3.8) is 0 Å². The molecule has 4 aromatic rings. The van der Waals surface area contributed by atoms with Crippen LogP contribution in [0.2, 0.25) is 0 Å². The number of benzene rings is 2. The molecule has 43 heavy (non-hydrogen) atoms. The summed E-state index contributed by atoms with van der Waals surface area (Å²) in [6.45, 7) is 4.01. The van der Waals surface area contributed by atoms with E-state index in [0.29, 0.717) is 37.7 Å². The Hall–Kier alpha value is -4.67. The van der Waals surface area contributed by atoms with Crippen LogP contribution in [0.4, 0.5) is 0 Å². The fourth-order valence-electron chi connectivity index (χ4n) is 6.02. The molecule has 11 nitrogen and oxygen atoms in total. The molecule has 2 unspecified atom stereocenters. The van der Waals surface area contributed by atoms with E-state index in [1.807, 2.05) is 38.1 Å². The van der Waals surface area contributed by atoms with Crippen molar-refractivity contribution in [2.24, 2.45) is 17.8 Å². The quantitative estimate of drug-likeness (QED) is 0.191. The van der Waals surface area contributed by atoms with Crippen molar-refractivity contribution in [2.45, 2.75) is 58.0 Å². The number of para-hydroxylation sites is 2. The third kappa shape index (κ3) is 6.40. The molecule has 0 radical (unpaired) electrons. The summed E-state index contributed by atoms with van der Waals surface area (Å²) in [6.07, 6.45) is 4.36. The summed E-state index contributed by atoms with van der Waals surface area (Å²) in [6, 6.07) is 12.0. The molecule has 2 atom stereocenters. The number of carboxylic acid groups (broad SMARTS) is 1. The Balaban J connectivity index is 1.41. The first-order valence-corrected chi connectivity index (χ1v) is 14.7. The Labute approximate surface area is 247 Å². The van der Waals surface area contributed by atoms with Crippen LogP contribution < -0.4 is 21.9 Å². The summed E-state index contributed by atoms with van der Waals surface area (Å²) in [5.74, 6) is -2.24. The molecule has 2 aromatic carbocycles. The van der Waals surface area contributed by atoms with Crippen molar-refractivity contribution in [3.05, 3.63) is 81.1 Å². The van der Waals surface area contributed by atoms with E-state index in [0.717, 1.165) is 21.0 Å². The highest BCUT2D eigenvalue weighted by atomic mass is 16.4. The van der Waals surface area contributed by atoms with E-state index < -0.39 is 35.2 Å². The van der Waals surface area contributed by atoms with Crippen molar-refractivity contribution in [1.29, 1.82) is 0 Å². The summed E-state index contributed by atoms with van der Waals surface area (Å²) >= 11 is 0. The normalized spacial score (nSPS) is 18.4. The lowest BCUT2D eigenvalue weighted by atomic mass is 9.82. The zero-order chi connectivity index (χ0) is 30.7. The number of H-pyrrole nitrogens is 2. The van der Waals surface area contributed by atoms with Crippen LogP contribution in [-0.2, 0) is 20.8 Å². The second-order valence-electron chi connectivity index (χ2n) is 11.8. The van der Waals surface area contributed by atoms with Crippen molar-refractivity contribution in [2.75, 3.05) is 6.54 Å². The molecule has 1 aliphatic rings. The molecular formula is C32H37N5O6. The van der Waals surface area contributed by atoms with E-state index in [1.54, 1.807) is 30.5 Å². The number of aromatic amines is 2. The van der Waals surface area contributed by atoms with E-state index in [-0.39, 0.29) is 35.5 Å². The molecule has 0 saturated heterocycles. The van der Waals surface area contributed by atoms with E-state index in [4.69, 9.17) is 0 Å². The highest BCUT2D eigenvalue weighted by molar-refractivity contribution is 5.90. The predicted molar refractivity (Wildman–Crippen MR) is 163 cm³/mol. The predicted octanol–water partition coefficient (Wildman–Crippen LogP) is 3.10. The van der Waals surface area contributed by atoms with E-state index in [2.05, 4.69) is 20.6 Å². The maximum absolute atomic E-state index is 14.0. The Kier molecular flexibility index (Phi) is 8.79. The lowest BCUT2D eigenvalue weighted by Crippen LogP contribution is -2.54. The zero-order valence-corrected chi connectivity index (χ0v) is 24.3. The van der Waals surface area contributed by atoms with Crippen LogP contribution >= 0.6 is 0 Å². The molecule has 1 aliphatic carbocycles. The van der Waals surface area contributed by atoms with Crippen LogP contribution in [0.1, 0.15) is 51.1 Å². The number of carbonyl (C=O) groups is 3. The molecule has 2 heterocycles. The van der Waals surface area contributed by atoms with E-state index in [1.165, 1.54) is 0 Å². The van der Waals surface area contributed by atoms with Gasteiger partial charge in [-0.05, 0) is 61.3 Å². The van der Waals surface area contributed by atoms with Gasteiger partial charge in [0.25, 0.3) is 5.56 Å². The molecule has 11 heteroatoms. The molecule has 5 N–H and O–H groups in total. The van der Waals surface area contributed by atoms with Crippen molar-refractivity contribution >= 4 is 39.6 Å². The number of rotatable bonds is 10. The Bertz CT molecular complexity index is 1760. The summed E-state index contributed by atoms with van der Waals surface area (Å²) in [5, 5.41) is 16.2. The minimum Gasteiger partial charge on any atom is -0.481 e. The van der Waals surface area contributed by atoms with Gasteiger partial charge in [0, 0.05) is 30.1 Å². The maximum Gasteiger partial charge on any atom is 0.329 e. The molecule has 2 aromatic heterocycles. The summed E-state index contributed by atoms with van der Waals surface area (Å²) < 4.78 is 0.940. The number of amides is 2. The summed E-state index contributed by atoms with van der Waals surface area (Å²) in [7, 11) is 0. The van der Waals surface area contributed by atoms with Gasteiger partial charge in [-0.3, -0.25) is 19.2 Å². The fourth-order valence-corrected chi connectivity index (χ4v) is 6.02. The topological polar surface area (TPSA) is 166 Å². The van der Waals surface area contributed by atoms with Crippen LogP contribution in [0.5, 0.6) is 0 Å². The minimum atomic E-state index is -1.24. The average Bonchev–Trinajstić information content (AvgIpc) is 3.40. The number of carbonyl (C=O) groups excluding carboxylic acids is 2. The lowest BCUT2D eigenvalue weighted by Gasteiger charge is -2.28. The van der Waals surface area contributed by atoms with Crippen LogP contribution in [0, 0.1) is 17.8 Å². The zero-order valence-electron chi connectivity index (χ0n) is 24.3. The van der Waals surface area contributed by atoms with Crippen molar-refractivity contribution in [3.8, 4) is 0 Å². The van der Waals surface area contributed by atoms with Gasteiger partial charge in [0.05, 0.1) is 16.8 Å². The molecule has 1 fully saturated rings. The van der Waals surface area contributed by atoms with Gasteiger partial charge in [-0.2, -0.15) is 0 Å². The third-order valence-corrected chi connectivity index (χ3v) is 8.55. The Morgan fingerprint density at radius 2 is 1.58 bits per heavy atom. The first-order chi connectivity index (χ1) is 20.6. The SMILES string of the molecule is CC(C)C(NC(=O)C(Cc1c[nH]c2ccccc12)n1c(=O)[nH]c2ccccc2c1=O)C(=O)NCC1CCC(C(=O)O)CC1. The van der Waals surface area contributed by atoms with E-state index >= 15 is 0 Å². The fraction of sp³-hybridized carbons (Fsp3) is 0.406. The van der Waals surface area contributed by atoms with E-state index in [9.17, 15) is 29.1 Å². The van der Waals surface area contributed by atoms with Crippen molar-refractivity contribution in [1.82, 2.24) is 25.2 Å². The van der Waals surface area contributed by atoms with Gasteiger partial charge in [-0.15, -0.1) is 0 Å². The number of aliphatic carboxylic acids is 1. The number of carboxylic acids is 1. The Morgan fingerprint density at radius 1 is 0.930 bits per heavy atom. The van der Waals surface area contributed by atoms with Crippen LogP contribution in [-0.4, -0.2) is 50.0 Å². The lowest BCUT2D eigenvalue weighted by molar-refractivity contribution is -0.143. The highest BCUT2D eigenvalue weighted by Gasteiger charge is 2.32. The summed E-state index contributed by atoms with van der Waals surface area (Å²) in [5.41, 5.74) is 0.663. The first kappa shape index (κ1) is 29.8. The Morgan fingerprint density at radius 3 is 2.26 bits per heavy atom. The number of nitrogens with zero attached hydrogens (tertiary/aromatic N) is 1. The number of fused-ring (bicyclic) bond motifs is 2. The number of nitrogens with one attached hydrogen (secondary N) is 4. The number of hydrogen-bond acceptors (Lipinski definition) is 5. The highest BCUT2D eigenvalue weighted by Crippen LogP contribution is 2.28. The van der Waals surface area contributed by atoms with Gasteiger partial charge < -0.3 is 25.7 Å². The first-order valence-electron chi connectivity index (χ1n) is 14.7. The van der Waals surface area contributed by atoms with Crippen LogP contribution in [0.15, 0.2) is 64.3 Å². The molecule has 0 spiro atoms. The molecule has 2 amide bonds. The third-order valence-electron chi connectivity index (χ3n) is 8.55. The van der Waals surface area contributed by atoms with Gasteiger partial charge in [-0.1, -0.05) is 44.2 Å². The second-order valence-corrected chi connectivity index (χ2v) is 11.8. The van der Waals surface area contributed by atoms with Gasteiger partial charge >= 0.3 is 11.7 Å². The second kappa shape index (κ2) is 12.7. The monoisotopic (exact) mass is 587 g/mol. The van der Waals surface area contributed by atoms with Crippen LogP contribution in [0.25, 0.3) is 21.8 Å². The maximum atomic E-state index is 14.0. The minimum absolute atomic E-state index is 0.0381. The smallest absolute Gasteiger partial charge is 0.329 e. The molecule has 226 valence electrons. The number of aromatic nitrogens is 3. The molecule has 0 bridgehead atoms. The molecule has 1 saturated carbocycles. The van der Waals surface area contributed by atoms with Gasteiger partial charge in [-0.25, -0.2) is 9.36 Å². The molecular weight excluding hydrogens is 550 g/mol. The van der Waals surface area contributed by atoms with Crippen molar-refractivity contribution < 1.29 is 19.5 Å². The number of hydrogen-bond donors (Lipinski definition) is 5. The standard InChI is InChI=1S/C32H37N5O6/c1-18(2)27(29(39)34-16-19-11-13-20(14-12-19)31(41)42)36-28(38)26(15-21-17-33-24-9-5-3-7-22(21)24)37-30(40)23-8-4-6-10-25(23)35-32(37)43/h3-10,17-20,26-27,33H,11-16H2,1-2H3,(H,34,39)(H,35,43)(H,36,38)(H,41,42). The van der Waals surface area contributed by atoms with Gasteiger partial charge in [0.2, 0.25) is 11.8 Å². The summed E-state index contributed by atoms with van der Waals surface area (Å²) in [4.78, 5) is 71.4. The molecule has 0 aliphatic heterocycles. The largest absolute Gasteiger partial charge is 0.481 e. The van der Waals surface area contributed by atoms with Crippen LogP contribution in [0.3, 0.4) is 0 Å². The van der Waals surface area contributed by atoms with Gasteiger partial charge in [0.1, 0.15) is 12.1 Å².